The molecule has 28 heavy (non-hydrogen) atoms. The molecule has 0 saturated carbocycles. The largest absolute Gasteiger partial charge is 0.453 e. The number of benzene rings is 1. The van der Waals surface area contributed by atoms with Crippen LogP contribution in [0.2, 0.25) is 5.02 Å². The van der Waals surface area contributed by atoms with E-state index in [0.717, 1.165) is 17.5 Å². The molecule has 1 aliphatic heterocycles. The van der Waals surface area contributed by atoms with Gasteiger partial charge in [0.1, 0.15) is 6.04 Å². The first kappa shape index (κ1) is 19.0. The van der Waals surface area contributed by atoms with Gasteiger partial charge in [0.25, 0.3) is 5.82 Å². The molecule has 2 aliphatic rings. The molecule has 0 fully saturated rings. The van der Waals surface area contributed by atoms with Gasteiger partial charge in [-0.25, -0.2) is 4.68 Å². The Balaban J connectivity index is 1.85. The average molecular weight is 411 g/mol. The number of hydrogen-bond donors (Lipinski definition) is 1. The lowest BCUT2D eigenvalue weighted by Gasteiger charge is -2.35. The Hall–Kier alpha value is -2.35. The van der Waals surface area contributed by atoms with Crippen molar-refractivity contribution < 1.29 is 18.0 Å². The van der Waals surface area contributed by atoms with Crippen molar-refractivity contribution in [2.75, 3.05) is 5.32 Å². The zero-order valence-corrected chi connectivity index (χ0v) is 15.8. The van der Waals surface area contributed by atoms with Gasteiger partial charge in [0.05, 0.1) is 0 Å². The van der Waals surface area contributed by atoms with Gasteiger partial charge in [0.15, 0.2) is 5.78 Å². The number of allylic oxidation sites excluding steroid dienone is 2. The normalized spacial score (nSPS) is 22.0. The van der Waals surface area contributed by atoms with Gasteiger partial charge < -0.3 is 5.32 Å². The second-order valence-electron chi connectivity index (χ2n) is 7.16. The second-order valence-corrected chi connectivity index (χ2v) is 7.60. The standard InChI is InChI=1S/C19H18ClF3N4O/c1-2-3-10-8-13-15(14(28)9-10)16(11-4-6-12(20)7-5-11)27-18(24-13)25-17(26-27)19(21,22)23/h4-7,10,16H,2-3,8-9H2,1H3,(H,24,25,26)/t10-,16-/m1/s1. The van der Waals surface area contributed by atoms with Crippen LogP contribution in [0.5, 0.6) is 0 Å². The molecule has 4 rings (SSSR count). The van der Waals surface area contributed by atoms with E-state index in [2.05, 4.69) is 15.4 Å². The molecule has 0 bridgehead atoms. The first-order valence-corrected chi connectivity index (χ1v) is 9.48. The zero-order valence-electron chi connectivity index (χ0n) is 15.1. The number of fused-ring (bicyclic) bond motifs is 1. The van der Waals surface area contributed by atoms with Gasteiger partial charge in [-0.15, -0.1) is 5.10 Å². The number of carbonyl (C=O) groups excluding carboxylic acids is 1. The molecule has 2 atom stereocenters. The Labute approximate surface area is 164 Å². The Kier molecular flexibility index (Phi) is 4.69. The molecular formula is C19H18ClF3N4O. The van der Waals surface area contributed by atoms with Gasteiger partial charge in [0.2, 0.25) is 5.95 Å². The fourth-order valence-corrected chi connectivity index (χ4v) is 4.10. The predicted octanol–water partition coefficient (Wildman–Crippen LogP) is 5.00. The Bertz CT molecular complexity index is 949. The summed E-state index contributed by atoms with van der Waals surface area (Å²) in [5.41, 5.74) is 1.74. The fraction of sp³-hybridized carbons (Fsp3) is 0.421. The monoisotopic (exact) mass is 410 g/mol. The molecule has 0 radical (unpaired) electrons. The minimum absolute atomic E-state index is 0.00373. The number of aromatic nitrogens is 3. The number of carbonyl (C=O) groups is 1. The van der Waals surface area contributed by atoms with Crippen LogP contribution in [0.25, 0.3) is 0 Å². The molecule has 1 aromatic heterocycles. The van der Waals surface area contributed by atoms with E-state index in [4.69, 9.17) is 11.6 Å². The van der Waals surface area contributed by atoms with Crippen LogP contribution in [0.15, 0.2) is 35.5 Å². The lowest BCUT2D eigenvalue weighted by molar-refractivity contribution is -0.145. The van der Waals surface area contributed by atoms with Crippen LogP contribution in [0.4, 0.5) is 19.1 Å². The van der Waals surface area contributed by atoms with Crippen LogP contribution < -0.4 is 5.32 Å². The summed E-state index contributed by atoms with van der Waals surface area (Å²) in [6.07, 6.45) is -1.86. The van der Waals surface area contributed by atoms with Crippen molar-refractivity contribution in [1.82, 2.24) is 14.8 Å². The fourth-order valence-electron chi connectivity index (χ4n) is 3.98. The number of rotatable bonds is 3. The minimum atomic E-state index is -4.67. The van der Waals surface area contributed by atoms with Crippen LogP contribution in [-0.4, -0.2) is 20.5 Å². The van der Waals surface area contributed by atoms with Gasteiger partial charge >= 0.3 is 6.18 Å². The summed E-state index contributed by atoms with van der Waals surface area (Å²) in [4.78, 5) is 16.6. The summed E-state index contributed by atoms with van der Waals surface area (Å²) in [5.74, 6) is -1.13. The molecule has 1 aliphatic carbocycles. The molecule has 0 saturated heterocycles. The first-order chi connectivity index (χ1) is 13.3. The average Bonchev–Trinajstić information content (AvgIpc) is 3.05. The third kappa shape index (κ3) is 3.30. The Morgan fingerprint density at radius 3 is 2.61 bits per heavy atom. The number of nitrogens with one attached hydrogen (secondary N) is 1. The molecule has 2 heterocycles. The van der Waals surface area contributed by atoms with Crippen molar-refractivity contribution in [1.29, 1.82) is 0 Å². The summed E-state index contributed by atoms with van der Waals surface area (Å²) in [6, 6.07) is 5.93. The van der Waals surface area contributed by atoms with E-state index in [0.29, 0.717) is 34.7 Å². The predicted molar refractivity (Wildman–Crippen MR) is 97.9 cm³/mol. The minimum Gasteiger partial charge on any atom is -0.328 e. The van der Waals surface area contributed by atoms with E-state index in [-0.39, 0.29) is 17.6 Å². The van der Waals surface area contributed by atoms with Crippen LogP contribution in [0.3, 0.4) is 0 Å². The highest BCUT2D eigenvalue weighted by Gasteiger charge is 2.43. The quantitative estimate of drug-likeness (QED) is 0.773. The van der Waals surface area contributed by atoms with Crippen molar-refractivity contribution in [3.8, 4) is 0 Å². The molecule has 2 aromatic rings. The molecule has 148 valence electrons. The molecule has 0 amide bonds. The van der Waals surface area contributed by atoms with E-state index < -0.39 is 18.0 Å². The maximum Gasteiger partial charge on any atom is 0.453 e. The highest BCUT2D eigenvalue weighted by molar-refractivity contribution is 6.30. The van der Waals surface area contributed by atoms with Crippen LogP contribution in [0.1, 0.15) is 50.0 Å². The number of ketones is 1. The Morgan fingerprint density at radius 1 is 1.25 bits per heavy atom. The highest BCUT2D eigenvalue weighted by atomic mass is 35.5. The van der Waals surface area contributed by atoms with E-state index in [9.17, 15) is 18.0 Å². The first-order valence-electron chi connectivity index (χ1n) is 9.10. The van der Waals surface area contributed by atoms with Crippen LogP contribution in [0, 0.1) is 5.92 Å². The highest BCUT2D eigenvalue weighted by Crippen LogP contribution is 2.43. The zero-order chi connectivity index (χ0) is 20.1. The number of alkyl halides is 3. The van der Waals surface area contributed by atoms with Gasteiger partial charge in [0, 0.05) is 22.7 Å². The van der Waals surface area contributed by atoms with Crippen molar-refractivity contribution in [2.24, 2.45) is 5.92 Å². The van der Waals surface area contributed by atoms with Gasteiger partial charge in [-0.2, -0.15) is 18.2 Å². The Morgan fingerprint density at radius 2 is 1.96 bits per heavy atom. The maximum atomic E-state index is 13.2. The molecule has 1 aromatic carbocycles. The van der Waals surface area contributed by atoms with Gasteiger partial charge in [-0.1, -0.05) is 37.1 Å². The van der Waals surface area contributed by atoms with E-state index >= 15 is 0 Å². The van der Waals surface area contributed by atoms with E-state index in [1.54, 1.807) is 24.3 Å². The molecule has 1 N–H and O–H groups in total. The van der Waals surface area contributed by atoms with Crippen LogP contribution >= 0.6 is 11.6 Å². The van der Waals surface area contributed by atoms with E-state index in [1.807, 2.05) is 6.92 Å². The molecule has 0 spiro atoms. The number of anilines is 1. The molecule has 0 unspecified atom stereocenters. The molecule has 5 nitrogen and oxygen atoms in total. The second kappa shape index (κ2) is 6.92. The summed E-state index contributed by atoms with van der Waals surface area (Å²) in [5, 5.41) is 7.12. The number of nitrogens with zero attached hydrogens (tertiary/aromatic N) is 3. The third-order valence-electron chi connectivity index (χ3n) is 5.14. The van der Waals surface area contributed by atoms with Gasteiger partial charge in [-0.3, -0.25) is 4.79 Å². The maximum absolute atomic E-state index is 13.2. The number of hydrogen-bond acceptors (Lipinski definition) is 4. The summed E-state index contributed by atoms with van der Waals surface area (Å²) < 4.78 is 40.8. The molecule has 9 heteroatoms. The lowest BCUT2D eigenvalue weighted by Crippen LogP contribution is -2.34. The van der Waals surface area contributed by atoms with E-state index in [1.165, 1.54) is 0 Å². The summed E-state index contributed by atoms with van der Waals surface area (Å²) in [6.45, 7) is 2.05. The number of Topliss-reactive ketones (excluding diaryl/α,β-unsaturated/α-hetero) is 1. The lowest BCUT2D eigenvalue weighted by atomic mass is 9.79. The SMILES string of the molecule is CCC[C@H]1CC(=O)C2=C(C1)Nc1nc(C(F)(F)F)nn1[C@@H]2c1ccc(Cl)cc1. The van der Waals surface area contributed by atoms with Crippen molar-refractivity contribution in [3.05, 3.63) is 51.9 Å². The third-order valence-corrected chi connectivity index (χ3v) is 5.39. The van der Waals surface area contributed by atoms with Gasteiger partial charge in [-0.05, 0) is 36.5 Å². The topological polar surface area (TPSA) is 59.8 Å². The summed E-state index contributed by atoms with van der Waals surface area (Å²) >= 11 is 5.96. The van der Waals surface area contributed by atoms with Crippen molar-refractivity contribution in [2.45, 2.75) is 44.8 Å². The summed E-state index contributed by atoms with van der Waals surface area (Å²) in [7, 11) is 0. The smallest absolute Gasteiger partial charge is 0.328 e. The van der Waals surface area contributed by atoms with Crippen molar-refractivity contribution >= 4 is 23.3 Å². The van der Waals surface area contributed by atoms with Crippen molar-refractivity contribution in [3.63, 3.8) is 0 Å². The van der Waals surface area contributed by atoms with Crippen LogP contribution in [-0.2, 0) is 11.0 Å². The molecular weight excluding hydrogens is 393 g/mol. The number of halogens is 4.